The van der Waals surface area contributed by atoms with Crippen molar-refractivity contribution in [2.75, 3.05) is 58.4 Å². The lowest BCUT2D eigenvalue weighted by atomic mass is 9.85. The molecule has 2 aliphatic carbocycles. The van der Waals surface area contributed by atoms with Crippen LogP contribution in [0.5, 0.6) is 11.5 Å². The zero-order valence-corrected chi connectivity index (χ0v) is 39.4. The van der Waals surface area contributed by atoms with Gasteiger partial charge in [0.2, 0.25) is 11.8 Å². The van der Waals surface area contributed by atoms with Gasteiger partial charge < -0.3 is 44.5 Å². The number of rotatable bonds is 16. The Morgan fingerprint density at radius 1 is 1.08 bits per heavy atom. The third-order valence-corrected chi connectivity index (χ3v) is 13.6. The Morgan fingerprint density at radius 2 is 1.84 bits per heavy atom. The van der Waals surface area contributed by atoms with Crippen molar-refractivity contribution >= 4 is 62.8 Å². The number of carbonyl (C=O) groups excluding carboxylic acids is 4. The quantitative estimate of drug-likeness (QED) is 0.105. The van der Waals surface area contributed by atoms with Gasteiger partial charge in [-0.25, -0.2) is 19.6 Å². The summed E-state index contributed by atoms with van der Waals surface area (Å²) < 4.78 is 29.4. The maximum absolute atomic E-state index is 14.9. The minimum atomic E-state index is -1.31. The van der Waals surface area contributed by atoms with Crippen LogP contribution in [0.2, 0.25) is 5.02 Å². The van der Waals surface area contributed by atoms with E-state index >= 15 is 0 Å². The molecule has 18 heteroatoms. The number of hydrogen-bond acceptors (Lipinski definition) is 14. The second-order valence-corrected chi connectivity index (χ2v) is 20.0. The van der Waals surface area contributed by atoms with Crippen molar-refractivity contribution < 1.29 is 42.9 Å². The molecule has 0 bridgehead atoms. The predicted octanol–water partition coefficient (Wildman–Crippen LogP) is 6.45. The average molecular weight is 925 g/mol. The molecular weight excluding hydrogens is 862 g/mol. The highest BCUT2D eigenvalue weighted by Crippen LogP contribution is 2.46. The summed E-state index contributed by atoms with van der Waals surface area (Å²) >= 11 is 8.57. The van der Waals surface area contributed by atoms with Gasteiger partial charge in [-0.2, -0.15) is 0 Å². The number of hydrogen-bond donors (Lipinski definition) is 3. The number of nitrogens with one attached hydrogen (secondary N) is 3. The van der Waals surface area contributed by atoms with Gasteiger partial charge in [0.25, 0.3) is 0 Å². The van der Waals surface area contributed by atoms with Crippen LogP contribution < -0.4 is 25.4 Å². The van der Waals surface area contributed by atoms with Gasteiger partial charge in [-0.3, -0.25) is 14.5 Å². The summed E-state index contributed by atoms with van der Waals surface area (Å²) in [7, 11) is 1.27. The number of ether oxygens (including phenoxy) is 5. The topological polar surface area (TPSA) is 183 Å². The van der Waals surface area contributed by atoms with Crippen LogP contribution in [0.15, 0.2) is 36.2 Å². The van der Waals surface area contributed by atoms with E-state index in [1.54, 1.807) is 18.2 Å². The van der Waals surface area contributed by atoms with Crippen molar-refractivity contribution in [2.45, 2.75) is 110 Å². The highest BCUT2D eigenvalue weighted by molar-refractivity contribution is 7.14. The number of pyridine rings is 1. The maximum Gasteiger partial charge on any atom is 0.408 e. The first kappa shape index (κ1) is 47.3. The van der Waals surface area contributed by atoms with Crippen LogP contribution in [-0.2, 0) is 28.6 Å². The fourth-order valence-corrected chi connectivity index (χ4v) is 9.90. The van der Waals surface area contributed by atoms with Gasteiger partial charge in [-0.1, -0.05) is 45.4 Å². The summed E-state index contributed by atoms with van der Waals surface area (Å²) in [4.78, 5) is 69.3. The number of morpholine rings is 1. The third-order valence-electron chi connectivity index (χ3n) is 12.4. The Labute approximate surface area is 384 Å². The Bertz CT molecular complexity index is 2210. The Morgan fingerprint density at radius 3 is 2.50 bits per heavy atom. The largest absolute Gasteiger partial charge is 0.491 e. The molecule has 3 N–H and O–H groups in total. The van der Waals surface area contributed by atoms with Crippen molar-refractivity contribution in [3.05, 3.63) is 41.3 Å². The molecule has 2 saturated heterocycles. The predicted molar refractivity (Wildman–Crippen MR) is 245 cm³/mol. The van der Waals surface area contributed by atoms with Crippen LogP contribution in [0.1, 0.15) is 73.6 Å². The van der Waals surface area contributed by atoms with Crippen LogP contribution >= 0.6 is 22.9 Å². The summed E-state index contributed by atoms with van der Waals surface area (Å²) in [5, 5.41) is 12.6. The van der Waals surface area contributed by atoms with Crippen molar-refractivity contribution in [1.82, 2.24) is 30.4 Å². The number of nitrogens with zero attached hydrogens (tertiary/aromatic N) is 4. The number of anilines is 1. The molecule has 4 aliphatic rings. The van der Waals surface area contributed by atoms with E-state index in [4.69, 9.17) is 45.3 Å². The highest BCUT2D eigenvalue weighted by atomic mass is 35.5. The number of aromatic nitrogens is 2. The second-order valence-electron chi connectivity index (χ2n) is 18.8. The maximum atomic E-state index is 14.9. The van der Waals surface area contributed by atoms with Crippen LogP contribution in [0.3, 0.4) is 0 Å². The summed E-state index contributed by atoms with van der Waals surface area (Å²) in [6.45, 7) is 19.7. The normalized spacial score (nSPS) is 25.1. The van der Waals surface area contributed by atoms with E-state index in [9.17, 15) is 19.2 Å². The number of carbonyl (C=O) groups is 4. The first-order chi connectivity index (χ1) is 30.5. The van der Waals surface area contributed by atoms with Crippen LogP contribution in [0.4, 0.5) is 9.93 Å². The number of fused-ring (bicyclic) bond motifs is 1. The fraction of sp³-hybridized carbons (Fsp3) is 0.609. The van der Waals surface area contributed by atoms with Crippen molar-refractivity contribution in [2.24, 2.45) is 17.3 Å². The standard InChI is InChI=1S/C46H62ClN7O9S/c1-9-28-23-46(28,42(57)59-8)52-40(55)34-21-30(24-54(34)41(56)39(45(5,6)7)51-44(58)63-29-11-10-27(4)20-29)62-36-22-32(33-25-64-43(50-33)48-26(2)3)49-38-31(36)12-13-35(37(38)47)61-19-16-53-14-17-60-18-15-53/h9,12-13,22,25-30,34,39H,1,10-11,14-21,23-24H2,2-8H3,(H,48,50)(H,51,58)(H,52,55)/t27-,28-,29+,30-,34+,39-,46?/m1/s1. The molecule has 2 aliphatic heterocycles. The summed E-state index contributed by atoms with van der Waals surface area (Å²) in [5.74, 6) is -0.685. The van der Waals surface area contributed by atoms with Gasteiger partial charge >= 0.3 is 12.1 Å². The summed E-state index contributed by atoms with van der Waals surface area (Å²) in [6.07, 6.45) is 2.77. The van der Waals surface area contributed by atoms with E-state index in [0.29, 0.717) is 77.5 Å². The SMILES string of the molecule is C=C[C@@H]1CC1(NC(=O)[C@@H]1C[C@@H](Oc2cc(-c3csc(NC(C)C)n3)nc3c(Cl)c(OCCN4CCOCC4)ccc23)CN1C(=O)[C@@H](NC(=O)O[C@H]1CC[C@@H](C)C1)C(C)(C)C)C(=O)OC. The van der Waals surface area contributed by atoms with Crippen molar-refractivity contribution in [3.8, 4) is 22.9 Å². The second kappa shape index (κ2) is 19.8. The first-order valence-electron chi connectivity index (χ1n) is 22.3. The monoisotopic (exact) mass is 923 g/mol. The Balaban J connectivity index is 1.20. The molecule has 3 aromatic rings. The molecule has 7 atom stereocenters. The molecule has 64 heavy (non-hydrogen) atoms. The van der Waals surface area contributed by atoms with Crippen molar-refractivity contribution in [3.63, 3.8) is 0 Å². The molecule has 16 nitrogen and oxygen atoms in total. The van der Waals surface area contributed by atoms with Crippen LogP contribution in [-0.4, -0.2) is 133 Å². The number of esters is 1. The minimum absolute atomic E-state index is 0.0226. The minimum Gasteiger partial charge on any atom is -0.491 e. The lowest BCUT2D eigenvalue weighted by Gasteiger charge is -2.35. The lowest BCUT2D eigenvalue weighted by Crippen LogP contribution is -2.59. The molecule has 0 radical (unpaired) electrons. The third kappa shape index (κ3) is 10.7. The van der Waals surface area contributed by atoms with E-state index in [1.165, 1.54) is 23.3 Å². The molecular formula is C46H62ClN7O9S. The number of benzene rings is 1. The molecule has 7 rings (SSSR count). The fourth-order valence-electron chi connectivity index (χ4n) is 8.78. The molecule has 2 saturated carbocycles. The summed E-state index contributed by atoms with van der Waals surface area (Å²) in [6, 6.07) is 3.41. The summed E-state index contributed by atoms with van der Waals surface area (Å²) in [5.41, 5.74) is -0.567. The van der Waals surface area contributed by atoms with E-state index in [1.807, 2.05) is 46.1 Å². The van der Waals surface area contributed by atoms with Crippen molar-refractivity contribution in [1.29, 1.82) is 0 Å². The first-order valence-corrected chi connectivity index (χ1v) is 23.5. The lowest BCUT2D eigenvalue weighted by molar-refractivity contribution is -0.148. The zero-order valence-electron chi connectivity index (χ0n) is 37.9. The smallest absolute Gasteiger partial charge is 0.408 e. The van der Waals surface area contributed by atoms with Crippen LogP contribution in [0, 0.1) is 17.3 Å². The van der Waals surface area contributed by atoms with Gasteiger partial charge in [0, 0.05) is 54.8 Å². The molecule has 4 fully saturated rings. The number of amides is 3. The molecule has 0 spiro atoms. The van der Waals surface area contributed by atoms with E-state index < -0.39 is 53.0 Å². The number of methoxy groups -OCH3 is 1. The van der Waals surface area contributed by atoms with E-state index in [0.717, 1.165) is 37.5 Å². The molecule has 348 valence electrons. The van der Waals surface area contributed by atoms with Gasteiger partial charge in [0.15, 0.2) is 5.13 Å². The molecule has 1 unspecified atom stereocenters. The van der Waals surface area contributed by atoms with Gasteiger partial charge in [0.05, 0.1) is 38.1 Å². The van der Waals surface area contributed by atoms with Gasteiger partial charge in [-0.15, -0.1) is 17.9 Å². The Kier molecular flexibility index (Phi) is 14.6. The Hall–Kier alpha value is -4.71. The molecule has 2 aromatic heterocycles. The van der Waals surface area contributed by atoms with E-state index in [2.05, 4.69) is 34.4 Å². The number of likely N-dealkylation sites (tertiary alicyclic amines) is 1. The number of alkyl carbamates (subject to hydrolysis) is 1. The van der Waals surface area contributed by atoms with Gasteiger partial charge in [-0.05, 0) is 63.0 Å². The highest BCUT2D eigenvalue weighted by Gasteiger charge is 2.62. The molecule has 4 heterocycles. The average Bonchev–Trinajstić information content (AvgIpc) is 3.57. The van der Waals surface area contributed by atoms with Gasteiger partial charge in [0.1, 0.15) is 58.7 Å². The number of thiazole rings is 1. The zero-order chi connectivity index (χ0) is 45.9. The molecule has 1 aromatic carbocycles. The van der Waals surface area contributed by atoms with Crippen LogP contribution in [0.25, 0.3) is 22.3 Å². The molecule has 3 amide bonds. The van der Waals surface area contributed by atoms with E-state index in [-0.39, 0.29) is 31.0 Å². The number of halogens is 1.